The van der Waals surface area contributed by atoms with Gasteiger partial charge in [-0.2, -0.15) is 5.26 Å². The second kappa shape index (κ2) is 5.95. The minimum absolute atomic E-state index is 0.115. The number of benzene rings is 2. The van der Waals surface area contributed by atoms with Gasteiger partial charge in [0.15, 0.2) is 0 Å². The fourth-order valence-corrected chi connectivity index (χ4v) is 1.76. The van der Waals surface area contributed by atoms with Crippen LogP contribution in [0.25, 0.3) is 0 Å². The van der Waals surface area contributed by atoms with Crippen LogP contribution in [0.4, 0.5) is 10.1 Å². The molecule has 5 heteroatoms. The third-order valence-corrected chi connectivity index (χ3v) is 2.82. The van der Waals surface area contributed by atoms with Crippen LogP contribution < -0.4 is 11.1 Å². The zero-order chi connectivity index (χ0) is 14.5. The number of hydrogen-bond donors (Lipinski definition) is 2. The Bertz CT molecular complexity index is 665. The molecule has 2 rings (SSSR count). The van der Waals surface area contributed by atoms with Gasteiger partial charge in [-0.15, -0.1) is 0 Å². The van der Waals surface area contributed by atoms with Crippen molar-refractivity contribution in [1.82, 2.24) is 0 Å². The van der Waals surface area contributed by atoms with Gasteiger partial charge < -0.3 is 11.1 Å². The van der Waals surface area contributed by atoms with Crippen LogP contribution in [0.2, 0.25) is 0 Å². The molecular formula is C15H12FN3O. The molecule has 100 valence electrons. The first kappa shape index (κ1) is 13.7. The Morgan fingerprint density at radius 2 is 1.90 bits per heavy atom. The molecule has 4 nitrogen and oxygen atoms in total. The molecule has 1 unspecified atom stereocenters. The molecule has 0 spiro atoms. The summed E-state index contributed by atoms with van der Waals surface area (Å²) in [5.41, 5.74) is 6.37. The van der Waals surface area contributed by atoms with Gasteiger partial charge in [0.2, 0.25) is 5.91 Å². The summed E-state index contributed by atoms with van der Waals surface area (Å²) >= 11 is 0. The number of anilines is 1. The predicted molar refractivity (Wildman–Crippen MR) is 73.1 cm³/mol. The van der Waals surface area contributed by atoms with Crippen molar-refractivity contribution in [3.05, 3.63) is 65.5 Å². The van der Waals surface area contributed by atoms with Gasteiger partial charge in [-0.25, -0.2) is 4.39 Å². The second-order valence-corrected chi connectivity index (χ2v) is 4.15. The first-order chi connectivity index (χ1) is 9.63. The summed E-state index contributed by atoms with van der Waals surface area (Å²) in [7, 11) is 0. The lowest BCUT2D eigenvalue weighted by Gasteiger charge is -2.13. The Kier molecular flexibility index (Phi) is 4.08. The topological polar surface area (TPSA) is 78.9 Å². The largest absolute Gasteiger partial charge is 0.323 e. The van der Waals surface area contributed by atoms with Crippen LogP contribution in [0.5, 0.6) is 0 Å². The smallest absolute Gasteiger partial charge is 0.245 e. The number of rotatable bonds is 3. The average molecular weight is 269 g/mol. The zero-order valence-corrected chi connectivity index (χ0v) is 10.5. The van der Waals surface area contributed by atoms with Crippen molar-refractivity contribution in [1.29, 1.82) is 5.26 Å². The number of nitrogens with zero attached hydrogens (tertiary/aromatic N) is 1. The summed E-state index contributed by atoms with van der Waals surface area (Å²) in [5, 5.41) is 11.4. The number of carbonyl (C=O) groups is 1. The lowest BCUT2D eigenvalue weighted by Crippen LogP contribution is -2.28. The normalized spacial score (nSPS) is 11.4. The van der Waals surface area contributed by atoms with E-state index in [1.54, 1.807) is 30.3 Å². The molecule has 0 saturated heterocycles. The molecule has 3 N–H and O–H groups in total. The van der Waals surface area contributed by atoms with Crippen molar-refractivity contribution in [3.8, 4) is 6.07 Å². The van der Waals surface area contributed by atoms with Gasteiger partial charge in [-0.1, -0.05) is 36.4 Å². The predicted octanol–water partition coefficient (Wildman–Crippen LogP) is 2.34. The van der Waals surface area contributed by atoms with Gasteiger partial charge in [0.05, 0.1) is 5.69 Å². The van der Waals surface area contributed by atoms with E-state index in [-0.39, 0.29) is 11.3 Å². The highest BCUT2D eigenvalue weighted by atomic mass is 19.1. The van der Waals surface area contributed by atoms with Crippen LogP contribution in [0.1, 0.15) is 17.2 Å². The van der Waals surface area contributed by atoms with Gasteiger partial charge in [0, 0.05) is 0 Å². The zero-order valence-electron chi connectivity index (χ0n) is 10.5. The number of carbonyl (C=O) groups excluding carboxylic acids is 1. The van der Waals surface area contributed by atoms with E-state index < -0.39 is 17.8 Å². The number of nitrogens with two attached hydrogens (primary N) is 1. The van der Waals surface area contributed by atoms with Crippen molar-refractivity contribution < 1.29 is 9.18 Å². The molecule has 0 bridgehead atoms. The van der Waals surface area contributed by atoms with Crippen LogP contribution in [-0.4, -0.2) is 5.91 Å². The van der Waals surface area contributed by atoms with E-state index in [4.69, 9.17) is 11.0 Å². The summed E-state index contributed by atoms with van der Waals surface area (Å²) in [6.07, 6.45) is 0. The van der Waals surface area contributed by atoms with Gasteiger partial charge in [-0.3, -0.25) is 4.79 Å². The van der Waals surface area contributed by atoms with E-state index >= 15 is 0 Å². The molecule has 1 amide bonds. The number of nitriles is 1. The third-order valence-electron chi connectivity index (χ3n) is 2.82. The SMILES string of the molecule is N#Cc1c(F)cccc1NC(=O)C(N)c1ccccc1. The highest BCUT2D eigenvalue weighted by Crippen LogP contribution is 2.19. The molecule has 20 heavy (non-hydrogen) atoms. The summed E-state index contributed by atoms with van der Waals surface area (Å²) in [6.45, 7) is 0. The lowest BCUT2D eigenvalue weighted by atomic mass is 10.1. The maximum atomic E-state index is 13.4. The van der Waals surface area contributed by atoms with Crippen LogP contribution in [0.15, 0.2) is 48.5 Å². The van der Waals surface area contributed by atoms with E-state index in [2.05, 4.69) is 5.32 Å². The van der Waals surface area contributed by atoms with E-state index in [1.165, 1.54) is 12.1 Å². The molecule has 0 aliphatic rings. The summed E-state index contributed by atoms with van der Waals surface area (Å²) in [5.74, 6) is -1.18. The second-order valence-electron chi connectivity index (χ2n) is 4.15. The Labute approximate surface area is 115 Å². The maximum absolute atomic E-state index is 13.4. The van der Waals surface area contributed by atoms with Gasteiger partial charge in [0.25, 0.3) is 0 Å². The highest BCUT2D eigenvalue weighted by Gasteiger charge is 2.17. The fourth-order valence-electron chi connectivity index (χ4n) is 1.76. The van der Waals surface area contributed by atoms with Crippen molar-refractivity contribution >= 4 is 11.6 Å². The molecule has 2 aromatic rings. The van der Waals surface area contributed by atoms with E-state index in [1.807, 2.05) is 6.07 Å². The molecule has 0 heterocycles. The minimum atomic E-state index is -0.883. The number of halogens is 1. The molecular weight excluding hydrogens is 257 g/mol. The Hall–Kier alpha value is -2.71. The van der Waals surface area contributed by atoms with Crippen LogP contribution in [0, 0.1) is 17.1 Å². The molecule has 0 aliphatic carbocycles. The molecule has 0 aliphatic heterocycles. The summed E-state index contributed by atoms with van der Waals surface area (Å²) in [4.78, 5) is 12.0. The number of hydrogen-bond acceptors (Lipinski definition) is 3. The lowest BCUT2D eigenvalue weighted by molar-refractivity contribution is -0.117. The van der Waals surface area contributed by atoms with Crippen molar-refractivity contribution in [3.63, 3.8) is 0 Å². The quantitative estimate of drug-likeness (QED) is 0.897. The van der Waals surface area contributed by atoms with Gasteiger partial charge in [-0.05, 0) is 17.7 Å². The molecule has 2 aromatic carbocycles. The monoisotopic (exact) mass is 269 g/mol. The summed E-state index contributed by atoms with van der Waals surface area (Å²) < 4.78 is 13.4. The van der Waals surface area contributed by atoms with Crippen LogP contribution in [-0.2, 0) is 4.79 Å². The van der Waals surface area contributed by atoms with E-state index in [9.17, 15) is 9.18 Å². The first-order valence-electron chi connectivity index (χ1n) is 5.93. The fraction of sp³-hybridized carbons (Fsp3) is 0.0667. The first-order valence-corrected chi connectivity index (χ1v) is 5.93. The summed E-state index contributed by atoms with van der Waals surface area (Å²) in [6, 6.07) is 13.7. The van der Waals surface area contributed by atoms with Gasteiger partial charge >= 0.3 is 0 Å². The standard InChI is InChI=1S/C15H12FN3O/c16-12-7-4-8-13(11(12)9-17)19-15(20)14(18)10-5-2-1-3-6-10/h1-8,14H,18H2,(H,19,20). The average Bonchev–Trinajstić information content (AvgIpc) is 2.47. The van der Waals surface area contributed by atoms with Crippen molar-refractivity contribution in [2.45, 2.75) is 6.04 Å². The van der Waals surface area contributed by atoms with Crippen molar-refractivity contribution in [2.75, 3.05) is 5.32 Å². The number of amides is 1. The molecule has 0 aromatic heterocycles. The highest BCUT2D eigenvalue weighted by molar-refractivity contribution is 5.96. The third kappa shape index (κ3) is 2.82. The Morgan fingerprint density at radius 1 is 1.20 bits per heavy atom. The minimum Gasteiger partial charge on any atom is -0.323 e. The number of nitrogens with one attached hydrogen (secondary N) is 1. The maximum Gasteiger partial charge on any atom is 0.245 e. The van der Waals surface area contributed by atoms with E-state index in [0.29, 0.717) is 5.56 Å². The van der Waals surface area contributed by atoms with E-state index in [0.717, 1.165) is 6.07 Å². The van der Waals surface area contributed by atoms with Crippen LogP contribution >= 0.6 is 0 Å². The van der Waals surface area contributed by atoms with Crippen LogP contribution in [0.3, 0.4) is 0 Å². The van der Waals surface area contributed by atoms with Crippen molar-refractivity contribution in [2.24, 2.45) is 5.73 Å². The Balaban J connectivity index is 2.21. The Morgan fingerprint density at radius 3 is 2.55 bits per heavy atom. The molecule has 0 fully saturated rings. The van der Waals surface area contributed by atoms with Gasteiger partial charge in [0.1, 0.15) is 23.5 Å². The molecule has 0 saturated carbocycles. The molecule has 1 atom stereocenters. The molecule has 0 radical (unpaired) electrons.